The lowest BCUT2D eigenvalue weighted by Crippen LogP contribution is -1.91. The van der Waals surface area contributed by atoms with Crippen molar-refractivity contribution >= 4 is 11.3 Å². The van der Waals surface area contributed by atoms with Crippen molar-refractivity contribution in [3.05, 3.63) is 46.3 Å². The van der Waals surface area contributed by atoms with E-state index in [0.29, 0.717) is 12.1 Å². The Morgan fingerprint density at radius 3 is 2.50 bits per heavy atom. The fourth-order valence-corrected chi connectivity index (χ4v) is 2.62. The second-order valence-electron chi connectivity index (χ2n) is 3.56. The maximum absolute atomic E-state index is 13.1. The third-order valence-electron chi connectivity index (χ3n) is 2.35. The summed E-state index contributed by atoms with van der Waals surface area (Å²) < 4.78 is 25.9. The number of rotatable bonds is 2. The van der Waals surface area contributed by atoms with Crippen LogP contribution >= 0.6 is 11.3 Å². The van der Waals surface area contributed by atoms with E-state index in [0.717, 1.165) is 21.4 Å². The van der Waals surface area contributed by atoms with Crippen LogP contribution in [0.1, 0.15) is 10.4 Å². The minimum absolute atomic E-state index is 0.467. The molecule has 0 aliphatic heterocycles. The summed E-state index contributed by atoms with van der Waals surface area (Å²) in [6.45, 7) is 2.40. The Morgan fingerprint density at radius 1 is 1.19 bits per heavy atom. The van der Waals surface area contributed by atoms with Gasteiger partial charge in [-0.3, -0.25) is 0 Å². The molecule has 0 saturated carbocycles. The van der Waals surface area contributed by atoms with Gasteiger partial charge in [0.1, 0.15) is 0 Å². The molecule has 0 bridgehead atoms. The molecule has 2 aromatic rings. The molecule has 0 fully saturated rings. The summed E-state index contributed by atoms with van der Waals surface area (Å²) in [6, 6.07) is 5.92. The van der Waals surface area contributed by atoms with Crippen LogP contribution in [0.4, 0.5) is 8.78 Å². The van der Waals surface area contributed by atoms with Gasteiger partial charge in [-0.1, -0.05) is 6.07 Å². The highest BCUT2D eigenvalue weighted by Crippen LogP contribution is 2.32. The van der Waals surface area contributed by atoms with E-state index in [1.807, 2.05) is 13.0 Å². The van der Waals surface area contributed by atoms with Crippen molar-refractivity contribution in [1.29, 1.82) is 0 Å². The highest BCUT2D eigenvalue weighted by atomic mass is 32.1. The smallest absolute Gasteiger partial charge is 0.159 e. The Balaban J connectivity index is 2.49. The zero-order chi connectivity index (χ0) is 11.7. The molecule has 4 heteroatoms. The van der Waals surface area contributed by atoms with E-state index in [2.05, 4.69) is 0 Å². The fourth-order valence-electron chi connectivity index (χ4n) is 1.57. The molecule has 2 N–H and O–H groups in total. The van der Waals surface area contributed by atoms with Crippen molar-refractivity contribution in [3.63, 3.8) is 0 Å². The summed E-state index contributed by atoms with van der Waals surface area (Å²) in [5, 5.41) is 0. The first-order valence-electron chi connectivity index (χ1n) is 4.86. The monoisotopic (exact) mass is 239 g/mol. The highest BCUT2D eigenvalue weighted by Gasteiger charge is 2.09. The normalized spacial score (nSPS) is 10.8. The van der Waals surface area contributed by atoms with Crippen LogP contribution in [-0.2, 0) is 6.54 Å². The number of halogens is 2. The van der Waals surface area contributed by atoms with E-state index in [4.69, 9.17) is 5.73 Å². The van der Waals surface area contributed by atoms with E-state index in [1.165, 1.54) is 17.4 Å². The predicted molar refractivity (Wildman–Crippen MR) is 62.3 cm³/mol. The molecule has 1 aromatic carbocycles. The minimum Gasteiger partial charge on any atom is -0.326 e. The van der Waals surface area contributed by atoms with Gasteiger partial charge in [-0.05, 0) is 36.2 Å². The number of benzene rings is 1. The Labute approximate surface area is 96.5 Å². The van der Waals surface area contributed by atoms with E-state index < -0.39 is 11.6 Å². The van der Waals surface area contributed by atoms with Crippen LogP contribution in [0.3, 0.4) is 0 Å². The Bertz CT molecular complexity index is 520. The predicted octanol–water partition coefficient (Wildman–Crippen LogP) is 3.46. The van der Waals surface area contributed by atoms with Gasteiger partial charge < -0.3 is 5.73 Å². The van der Waals surface area contributed by atoms with E-state index in [9.17, 15) is 8.78 Å². The summed E-state index contributed by atoms with van der Waals surface area (Å²) in [6.07, 6.45) is 0. The molecule has 0 aliphatic carbocycles. The van der Waals surface area contributed by atoms with Gasteiger partial charge in [0.05, 0.1) is 0 Å². The second-order valence-corrected chi connectivity index (χ2v) is 4.69. The standard InChI is InChI=1S/C12H11F2NS/c1-7-4-9(6-15)16-12(7)8-2-3-10(13)11(14)5-8/h2-5H,6,15H2,1H3. The molecule has 16 heavy (non-hydrogen) atoms. The maximum atomic E-state index is 13.1. The van der Waals surface area contributed by atoms with Crippen molar-refractivity contribution in [2.75, 3.05) is 0 Å². The molecule has 1 aromatic heterocycles. The minimum atomic E-state index is -0.822. The summed E-state index contributed by atoms with van der Waals surface area (Å²) in [5.41, 5.74) is 7.27. The fraction of sp³-hybridized carbons (Fsp3) is 0.167. The first-order valence-corrected chi connectivity index (χ1v) is 5.68. The number of thiophene rings is 1. The van der Waals surface area contributed by atoms with Gasteiger partial charge in [-0.25, -0.2) is 8.78 Å². The van der Waals surface area contributed by atoms with Gasteiger partial charge in [0, 0.05) is 16.3 Å². The first-order chi connectivity index (χ1) is 7.61. The topological polar surface area (TPSA) is 26.0 Å². The molecule has 84 valence electrons. The largest absolute Gasteiger partial charge is 0.326 e. The Morgan fingerprint density at radius 2 is 1.94 bits per heavy atom. The average molecular weight is 239 g/mol. The third kappa shape index (κ3) is 1.99. The number of hydrogen-bond acceptors (Lipinski definition) is 2. The lowest BCUT2D eigenvalue weighted by molar-refractivity contribution is 0.509. The van der Waals surface area contributed by atoms with Gasteiger partial charge in [0.25, 0.3) is 0 Å². The highest BCUT2D eigenvalue weighted by molar-refractivity contribution is 7.15. The Hall–Kier alpha value is -1.26. The van der Waals surface area contributed by atoms with Gasteiger partial charge in [-0.2, -0.15) is 0 Å². The molecule has 2 rings (SSSR count). The molecular formula is C12H11F2NS. The van der Waals surface area contributed by atoms with Crippen LogP contribution in [0.5, 0.6) is 0 Å². The molecule has 1 nitrogen and oxygen atoms in total. The van der Waals surface area contributed by atoms with Gasteiger partial charge in [0.2, 0.25) is 0 Å². The number of aryl methyl sites for hydroxylation is 1. The lowest BCUT2D eigenvalue weighted by Gasteiger charge is -2.00. The molecule has 0 saturated heterocycles. The van der Waals surface area contributed by atoms with E-state index in [-0.39, 0.29) is 0 Å². The SMILES string of the molecule is Cc1cc(CN)sc1-c1ccc(F)c(F)c1. The summed E-state index contributed by atoms with van der Waals surface area (Å²) in [5.74, 6) is -1.64. The molecule has 0 unspecified atom stereocenters. The summed E-state index contributed by atoms with van der Waals surface area (Å²) in [7, 11) is 0. The second kappa shape index (κ2) is 4.31. The van der Waals surface area contributed by atoms with Crippen LogP contribution < -0.4 is 5.73 Å². The third-order valence-corrected chi connectivity index (χ3v) is 3.66. The lowest BCUT2D eigenvalue weighted by atomic mass is 10.1. The van der Waals surface area contributed by atoms with Crippen molar-refractivity contribution < 1.29 is 8.78 Å². The molecule has 0 atom stereocenters. The zero-order valence-electron chi connectivity index (χ0n) is 8.76. The van der Waals surface area contributed by atoms with Crippen molar-refractivity contribution in [3.8, 4) is 10.4 Å². The number of hydrogen-bond donors (Lipinski definition) is 1. The Kier molecular flexibility index (Phi) is 3.03. The molecule has 0 amide bonds. The molecule has 0 spiro atoms. The van der Waals surface area contributed by atoms with Crippen LogP contribution in [0.25, 0.3) is 10.4 Å². The van der Waals surface area contributed by atoms with Crippen molar-refractivity contribution in [2.45, 2.75) is 13.5 Å². The first kappa shape index (κ1) is 11.2. The van der Waals surface area contributed by atoms with Crippen LogP contribution in [0.15, 0.2) is 24.3 Å². The molecule has 1 heterocycles. The van der Waals surface area contributed by atoms with Crippen LogP contribution in [0.2, 0.25) is 0 Å². The summed E-state index contributed by atoms with van der Waals surface area (Å²) in [4.78, 5) is 1.98. The molecule has 0 aliphatic rings. The van der Waals surface area contributed by atoms with Crippen molar-refractivity contribution in [1.82, 2.24) is 0 Å². The van der Waals surface area contributed by atoms with Gasteiger partial charge in [0.15, 0.2) is 11.6 Å². The van der Waals surface area contributed by atoms with E-state index in [1.54, 1.807) is 6.07 Å². The van der Waals surface area contributed by atoms with Crippen molar-refractivity contribution in [2.24, 2.45) is 5.73 Å². The van der Waals surface area contributed by atoms with Gasteiger partial charge >= 0.3 is 0 Å². The van der Waals surface area contributed by atoms with Crippen LogP contribution in [0, 0.1) is 18.6 Å². The molecular weight excluding hydrogens is 228 g/mol. The quantitative estimate of drug-likeness (QED) is 0.853. The maximum Gasteiger partial charge on any atom is 0.159 e. The van der Waals surface area contributed by atoms with E-state index >= 15 is 0 Å². The van der Waals surface area contributed by atoms with Gasteiger partial charge in [-0.15, -0.1) is 11.3 Å². The average Bonchev–Trinajstić information content (AvgIpc) is 2.64. The summed E-state index contributed by atoms with van der Waals surface area (Å²) >= 11 is 1.51. The zero-order valence-corrected chi connectivity index (χ0v) is 9.57. The molecule has 0 radical (unpaired) electrons. The van der Waals surface area contributed by atoms with Crippen LogP contribution in [-0.4, -0.2) is 0 Å². The number of nitrogens with two attached hydrogens (primary N) is 1.